The largest absolute Gasteiger partial charge is 0.495 e. The Morgan fingerprint density at radius 1 is 1.28 bits per heavy atom. The minimum atomic E-state index is 0.508. The minimum Gasteiger partial charge on any atom is -0.495 e. The molecule has 2 rings (SSSR count). The molecule has 0 spiro atoms. The topological polar surface area (TPSA) is 21.3 Å². The van der Waals surface area contributed by atoms with Gasteiger partial charge in [0.15, 0.2) is 0 Å². The number of anilines is 1. The Morgan fingerprint density at radius 3 is 2.67 bits per heavy atom. The molecule has 1 aromatic carbocycles. The fourth-order valence-corrected chi connectivity index (χ4v) is 3.15. The highest BCUT2D eigenvalue weighted by atomic mass is 79.9. The molecule has 1 aliphatic carbocycles. The summed E-state index contributed by atoms with van der Waals surface area (Å²) in [6.07, 6.45) is 6.87. The van der Waals surface area contributed by atoms with Gasteiger partial charge in [0.05, 0.1) is 12.8 Å². The van der Waals surface area contributed by atoms with Gasteiger partial charge in [-0.15, -0.1) is 0 Å². The van der Waals surface area contributed by atoms with Gasteiger partial charge < -0.3 is 10.1 Å². The first-order valence-electron chi connectivity index (χ1n) is 6.81. The summed E-state index contributed by atoms with van der Waals surface area (Å²) >= 11 is 3.52. The Bertz CT molecular complexity index is 388. The number of ether oxygens (including phenoxy) is 1. The van der Waals surface area contributed by atoms with Crippen molar-refractivity contribution in [2.45, 2.75) is 45.1 Å². The second kappa shape index (κ2) is 6.46. The fraction of sp³-hybridized carbons (Fsp3) is 0.600. The van der Waals surface area contributed by atoms with Crippen molar-refractivity contribution in [3.05, 3.63) is 22.7 Å². The maximum atomic E-state index is 5.41. The van der Waals surface area contributed by atoms with E-state index in [0.29, 0.717) is 6.04 Å². The molecule has 0 saturated heterocycles. The Kier molecular flexibility index (Phi) is 4.93. The predicted octanol–water partition coefficient (Wildman–Crippen LogP) is 4.84. The lowest BCUT2D eigenvalue weighted by Gasteiger charge is -2.29. The van der Waals surface area contributed by atoms with Gasteiger partial charge in [-0.1, -0.05) is 35.2 Å². The fourth-order valence-electron chi connectivity index (χ4n) is 2.79. The summed E-state index contributed by atoms with van der Waals surface area (Å²) in [4.78, 5) is 0. The van der Waals surface area contributed by atoms with E-state index in [-0.39, 0.29) is 0 Å². The molecule has 1 aromatic rings. The first-order valence-corrected chi connectivity index (χ1v) is 7.60. The van der Waals surface area contributed by atoms with Gasteiger partial charge in [-0.25, -0.2) is 0 Å². The Balaban J connectivity index is 2.05. The molecule has 0 aliphatic heterocycles. The van der Waals surface area contributed by atoms with Crippen LogP contribution in [0.25, 0.3) is 0 Å². The molecule has 1 N–H and O–H groups in total. The van der Waals surface area contributed by atoms with Crippen molar-refractivity contribution in [1.29, 1.82) is 0 Å². The molecule has 1 saturated carbocycles. The van der Waals surface area contributed by atoms with Gasteiger partial charge in [-0.2, -0.15) is 0 Å². The SMILES string of the molecule is COc1ccc(Br)cc1NC(C)C1CCCCC1. The van der Waals surface area contributed by atoms with E-state index in [0.717, 1.165) is 21.8 Å². The van der Waals surface area contributed by atoms with E-state index >= 15 is 0 Å². The lowest BCUT2D eigenvalue weighted by atomic mass is 9.84. The van der Waals surface area contributed by atoms with Crippen LogP contribution in [-0.2, 0) is 0 Å². The lowest BCUT2D eigenvalue weighted by Crippen LogP contribution is -2.27. The summed E-state index contributed by atoms with van der Waals surface area (Å²) in [5.41, 5.74) is 1.09. The highest BCUT2D eigenvalue weighted by molar-refractivity contribution is 9.10. The van der Waals surface area contributed by atoms with Gasteiger partial charge >= 0.3 is 0 Å². The van der Waals surface area contributed by atoms with Crippen LogP contribution in [0.1, 0.15) is 39.0 Å². The summed E-state index contributed by atoms with van der Waals surface area (Å²) in [7, 11) is 1.72. The molecule has 0 heterocycles. The molecule has 0 bridgehead atoms. The zero-order valence-corrected chi connectivity index (χ0v) is 12.8. The molecule has 0 amide bonds. The van der Waals surface area contributed by atoms with Crippen LogP contribution in [-0.4, -0.2) is 13.2 Å². The number of hydrogen-bond acceptors (Lipinski definition) is 2. The van der Waals surface area contributed by atoms with E-state index in [1.807, 2.05) is 12.1 Å². The third kappa shape index (κ3) is 3.41. The number of benzene rings is 1. The van der Waals surface area contributed by atoms with Crippen LogP contribution >= 0.6 is 15.9 Å². The van der Waals surface area contributed by atoms with Gasteiger partial charge in [-0.3, -0.25) is 0 Å². The van der Waals surface area contributed by atoms with Gasteiger partial charge in [0, 0.05) is 10.5 Å². The Labute approximate surface area is 118 Å². The Hall–Kier alpha value is -0.700. The summed E-state index contributed by atoms with van der Waals surface area (Å²) in [5.74, 6) is 1.71. The van der Waals surface area contributed by atoms with E-state index in [1.165, 1.54) is 32.1 Å². The van der Waals surface area contributed by atoms with Crippen LogP contribution in [0.3, 0.4) is 0 Å². The van der Waals surface area contributed by atoms with Crippen molar-refractivity contribution >= 4 is 21.6 Å². The number of rotatable bonds is 4. The molecule has 1 atom stereocenters. The average Bonchev–Trinajstić information content (AvgIpc) is 2.40. The third-order valence-electron chi connectivity index (χ3n) is 3.90. The molecular formula is C15H22BrNO. The predicted molar refractivity (Wildman–Crippen MR) is 80.4 cm³/mol. The third-order valence-corrected chi connectivity index (χ3v) is 4.39. The van der Waals surface area contributed by atoms with Gasteiger partial charge in [0.1, 0.15) is 5.75 Å². The molecule has 1 fully saturated rings. The molecule has 1 aliphatic rings. The Morgan fingerprint density at radius 2 is 2.00 bits per heavy atom. The van der Waals surface area contributed by atoms with Gasteiger partial charge in [0.25, 0.3) is 0 Å². The molecular weight excluding hydrogens is 290 g/mol. The van der Waals surface area contributed by atoms with Crippen LogP contribution < -0.4 is 10.1 Å². The zero-order chi connectivity index (χ0) is 13.0. The number of methoxy groups -OCH3 is 1. The van der Waals surface area contributed by atoms with Crippen LogP contribution in [0.2, 0.25) is 0 Å². The summed E-state index contributed by atoms with van der Waals surface area (Å²) in [6, 6.07) is 6.61. The summed E-state index contributed by atoms with van der Waals surface area (Å²) in [5, 5.41) is 3.62. The minimum absolute atomic E-state index is 0.508. The highest BCUT2D eigenvalue weighted by Gasteiger charge is 2.20. The number of halogens is 1. The number of nitrogens with one attached hydrogen (secondary N) is 1. The summed E-state index contributed by atoms with van der Waals surface area (Å²) < 4.78 is 6.49. The van der Waals surface area contributed by atoms with E-state index in [9.17, 15) is 0 Å². The van der Waals surface area contributed by atoms with Crippen LogP contribution in [0.15, 0.2) is 22.7 Å². The molecule has 2 nitrogen and oxygen atoms in total. The summed E-state index contributed by atoms with van der Waals surface area (Å²) in [6.45, 7) is 2.29. The van der Waals surface area contributed by atoms with Crippen molar-refractivity contribution in [2.24, 2.45) is 5.92 Å². The highest BCUT2D eigenvalue weighted by Crippen LogP contribution is 2.32. The van der Waals surface area contributed by atoms with Gasteiger partial charge in [0.2, 0.25) is 0 Å². The quantitative estimate of drug-likeness (QED) is 0.859. The van der Waals surface area contributed by atoms with E-state index < -0.39 is 0 Å². The second-order valence-electron chi connectivity index (χ2n) is 5.18. The van der Waals surface area contributed by atoms with Crippen LogP contribution in [0.4, 0.5) is 5.69 Å². The smallest absolute Gasteiger partial charge is 0.142 e. The lowest BCUT2D eigenvalue weighted by molar-refractivity contribution is 0.327. The monoisotopic (exact) mass is 311 g/mol. The second-order valence-corrected chi connectivity index (χ2v) is 6.09. The maximum absolute atomic E-state index is 5.41. The van der Waals surface area contributed by atoms with Gasteiger partial charge in [-0.05, 0) is 43.9 Å². The van der Waals surface area contributed by atoms with Crippen molar-refractivity contribution in [3.8, 4) is 5.75 Å². The van der Waals surface area contributed by atoms with E-state index in [1.54, 1.807) is 7.11 Å². The molecule has 100 valence electrons. The standard InChI is InChI=1S/C15H22BrNO/c1-11(12-6-4-3-5-7-12)17-14-10-13(16)8-9-15(14)18-2/h8-12,17H,3-7H2,1-2H3. The van der Waals surface area contributed by atoms with E-state index in [4.69, 9.17) is 4.74 Å². The number of hydrogen-bond donors (Lipinski definition) is 1. The molecule has 0 radical (unpaired) electrons. The van der Waals surface area contributed by atoms with E-state index in [2.05, 4.69) is 34.2 Å². The normalized spacial score (nSPS) is 18.4. The van der Waals surface area contributed by atoms with Crippen molar-refractivity contribution in [2.75, 3.05) is 12.4 Å². The van der Waals surface area contributed by atoms with Crippen molar-refractivity contribution in [1.82, 2.24) is 0 Å². The van der Waals surface area contributed by atoms with Crippen molar-refractivity contribution in [3.63, 3.8) is 0 Å². The molecule has 1 unspecified atom stereocenters. The van der Waals surface area contributed by atoms with Crippen LogP contribution in [0.5, 0.6) is 5.75 Å². The maximum Gasteiger partial charge on any atom is 0.142 e. The first-order chi connectivity index (χ1) is 8.70. The van der Waals surface area contributed by atoms with Crippen LogP contribution in [0, 0.1) is 5.92 Å². The molecule has 0 aromatic heterocycles. The zero-order valence-electron chi connectivity index (χ0n) is 11.2. The average molecular weight is 312 g/mol. The van der Waals surface area contributed by atoms with Crippen molar-refractivity contribution < 1.29 is 4.74 Å². The molecule has 18 heavy (non-hydrogen) atoms. The molecule has 3 heteroatoms. The first kappa shape index (κ1) is 13.7.